The third-order valence-corrected chi connectivity index (χ3v) is 6.22. The molecule has 0 atom stereocenters. The van der Waals surface area contributed by atoms with Gasteiger partial charge in [0.1, 0.15) is 0 Å². The van der Waals surface area contributed by atoms with Gasteiger partial charge in [-0.05, 0) is 46.4 Å². The minimum Gasteiger partial charge on any atom is -0.296 e. The maximum Gasteiger partial charge on any atom is 0.258 e. The Balaban J connectivity index is 1.63. The largest absolute Gasteiger partial charge is 0.296 e. The van der Waals surface area contributed by atoms with Crippen molar-refractivity contribution in [3.8, 4) is 0 Å². The number of anilines is 1. The minimum atomic E-state index is -0.238. The highest BCUT2D eigenvalue weighted by molar-refractivity contribution is 14.1. The number of aromatic nitrogens is 2. The Kier molecular flexibility index (Phi) is 6.09. The molecule has 0 unspecified atom stereocenters. The van der Waals surface area contributed by atoms with Crippen LogP contribution in [0.15, 0.2) is 52.9 Å². The molecule has 0 aliphatic rings. The van der Waals surface area contributed by atoms with Gasteiger partial charge in [0.25, 0.3) is 5.91 Å². The lowest BCUT2D eigenvalue weighted by molar-refractivity contribution is 0.102. The van der Waals surface area contributed by atoms with Gasteiger partial charge in [0.15, 0.2) is 4.34 Å². The Morgan fingerprint density at radius 2 is 2.00 bits per heavy atom. The van der Waals surface area contributed by atoms with E-state index in [0.29, 0.717) is 15.7 Å². The van der Waals surface area contributed by atoms with E-state index >= 15 is 0 Å². The summed E-state index contributed by atoms with van der Waals surface area (Å²) in [5.41, 5.74) is 1.74. The van der Waals surface area contributed by atoms with Crippen molar-refractivity contribution in [2.45, 2.75) is 10.1 Å². The van der Waals surface area contributed by atoms with Gasteiger partial charge in [0.2, 0.25) is 5.13 Å². The minimum absolute atomic E-state index is 0.238. The summed E-state index contributed by atoms with van der Waals surface area (Å²) in [6.07, 6.45) is 0. The topological polar surface area (TPSA) is 54.9 Å². The van der Waals surface area contributed by atoms with Gasteiger partial charge in [-0.3, -0.25) is 10.1 Å². The van der Waals surface area contributed by atoms with Crippen LogP contribution in [0.2, 0.25) is 5.02 Å². The van der Waals surface area contributed by atoms with Gasteiger partial charge < -0.3 is 0 Å². The van der Waals surface area contributed by atoms with E-state index in [1.165, 1.54) is 16.9 Å². The van der Waals surface area contributed by atoms with E-state index in [1.807, 2.05) is 18.2 Å². The van der Waals surface area contributed by atoms with Crippen LogP contribution < -0.4 is 5.32 Å². The van der Waals surface area contributed by atoms with Crippen LogP contribution in [-0.4, -0.2) is 16.1 Å². The van der Waals surface area contributed by atoms with Crippen molar-refractivity contribution in [2.75, 3.05) is 5.32 Å². The van der Waals surface area contributed by atoms with Gasteiger partial charge in [0, 0.05) is 14.3 Å². The summed E-state index contributed by atoms with van der Waals surface area (Å²) in [7, 11) is 0. The number of amides is 1. The second-order valence-corrected chi connectivity index (χ2v) is 8.52. The molecule has 0 saturated carbocycles. The molecular weight excluding hydrogens is 477 g/mol. The Morgan fingerprint density at radius 1 is 1.21 bits per heavy atom. The molecule has 1 N–H and O–H groups in total. The molecule has 1 aromatic heterocycles. The number of rotatable bonds is 5. The Morgan fingerprint density at radius 3 is 2.79 bits per heavy atom. The first-order chi connectivity index (χ1) is 11.6. The van der Waals surface area contributed by atoms with Gasteiger partial charge in [-0.2, -0.15) is 0 Å². The third-order valence-electron chi connectivity index (χ3n) is 3.01. The summed E-state index contributed by atoms with van der Waals surface area (Å²) >= 11 is 11.0. The molecular formula is C16H11ClIN3OS2. The number of carbonyl (C=O) groups is 1. The van der Waals surface area contributed by atoms with Crippen molar-refractivity contribution in [1.29, 1.82) is 0 Å². The summed E-state index contributed by atoms with van der Waals surface area (Å²) < 4.78 is 1.65. The number of benzene rings is 2. The molecule has 0 spiro atoms. The van der Waals surface area contributed by atoms with Crippen molar-refractivity contribution in [1.82, 2.24) is 10.2 Å². The van der Waals surface area contributed by atoms with Crippen LogP contribution in [0.5, 0.6) is 0 Å². The predicted octanol–water partition coefficient (Wildman–Crippen LogP) is 5.34. The highest BCUT2D eigenvalue weighted by atomic mass is 127. The number of carbonyl (C=O) groups excluding carboxylic acids is 1. The average molecular weight is 488 g/mol. The highest BCUT2D eigenvalue weighted by Crippen LogP contribution is 2.29. The molecule has 3 rings (SSSR count). The number of halogens is 2. The summed E-state index contributed by atoms with van der Waals surface area (Å²) in [6.45, 7) is 0. The standard InChI is InChI=1S/C16H11ClIN3OS2/c17-11-6-7-13(18)12(8-11)14(22)19-15-20-21-16(24-15)23-9-10-4-2-1-3-5-10/h1-8H,9H2,(H,19,20,22). The molecule has 122 valence electrons. The second-order valence-electron chi connectivity index (χ2n) is 4.73. The highest BCUT2D eigenvalue weighted by Gasteiger charge is 2.14. The smallest absolute Gasteiger partial charge is 0.258 e. The van der Waals surface area contributed by atoms with Crippen molar-refractivity contribution >= 4 is 68.3 Å². The van der Waals surface area contributed by atoms with Crippen molar-refractivity contribution in [2.24, 2.45) is 0 Å². The summed E-state index contributed by atoms with van der Waals surface area (Å²) in [6, 6.07) is 15.3. The third kappa shape index (κ3) is 4.69. The molecule has 1 amide bonds. The SMILES string of the molecule is O=C(Nc1nnc(SCc2ccccc2)s1)c1cc(Cl)ccc1I. The summed E-state index contributed by atoms with van der Waals surface area (Å²) in [4.78, 5) is 12.3. The molecule has 0 aliphatic carbocycles. The van der Waals surface area contributed by atoms with E-state index in [4.69, 9.17) is 11.6 Å². The molecule has 0 radical (unpaired) electrons. The quantitative estimate of drug-likeness (QED) is 0.300. The van der Waals surface area contributed by atoms with E-state index in [1.54, 1.807) is 30.0 Å². The van der Waals surface area contributed by atoms with E-state index < -0.39 is 0 Å². The Bertz CT molecular complexity index is 858. The van der Waals surface area contributed by atoms with Crippen LogP contribution in [0.1, 0.15) is 15.9 Å². The van der Waals surface area contributed by atoms with Gasteiger partial charge in [-0.25, -0.2) is 0 Å². The molecule has 4 nitrogen and oxygen atoms in total. The number of nitrogens with zero attached hydrogens (tertiary/aromatic N) is 2. The first kappa shape index (κ1) is 17.7. The molecule has 0 saturated heterocycles. The molecule has 8 heteroatoms. The molecule has 3 aromatic rings. The average Bonchev–Trinajstić information content (AvgIpc) is 3.03. The number of nitrogens with one attached hydrogen (secondary N) is 1. The van der Waals surface area contributed by atoms with Crippen molar-refractivity contribution in [3.63, 3.8) is 0 Å². The van der Waals surface area contributed by atoms with Gasteiger partial charge in [-0.1, -0.05) is 65.0 Å². The molecule has 0 fully saturated rings. The zero-order valence-electron chi connectivity index (χ0n) is 12.2. The molecule has 1 heterocycles. The fourth-order valence-electron chi connectivity index (χ4n) is 1.87. The summed E-state index contributed by atoms with van der Waals surface area (Å²) in [5, 5.41) is 11.9. The lowest BCUT2D eigenvalue weighted by Gasteiger charge is -2.04. The molecule has 0 aliphatic heterocycles. The zero-order valence-corrected chi connectivity index (χ0v) is 16.7. The van der Waals surface area contributed by atoms with Gasteiger partial charge in [0.05, 0.1) is 5.56 Å². The predicted molar refractivity (Wildman–Crippen MR) is 108 cm³/mol. The van der Waals surface area contributed by atoms with Crippen molar-refractivity contribution < 1.29 is 4.79 Å². The second kappa shape index (κ2) is 8.28. The van der Waals surface area contributed by atoms with E-state index in [0.717, 1.165) is 13.7 Å². The van der Waals surface area contributed by atoms with E-state index in [2.05, 4.69) is 50.2 Å². The number of hydrogen-bond donors (Lipinski definition) is 1. The van der Waals surface area contributed by atoms with E-state index in [-0.39, 0.29) is 5.91 Å². The molecule has 0 bridgehead atoms. The maximum absolute atomic E-state index is 12.3. The van der Waals surface area contributed by atoms with Crippen LogP contribution in [-0.2, 0) is 5.75 Å². The lowest BCUT2D eigenvalue weighted by atomic mass is 10.2. The van der Waals surface area contributed by atoms with Crippen LogP contribution in [0.4, 0.5) is 5.13 Å². The van der Waals surface area contributed by atoms with Crippen molar-refractivity contribution in [3.05, 3.63) is 68.3 Å². The van der Waals surface area contributed by atoms with Gasteiger partial charge in [-0.15, -0.1) is 10.2 Å². The monoisotopic (exact) mass is 487 g/mol. The molecule has 2 aromatic carbocycles. The van der Waals surface area contributed by atoms with Gasteiger partial charge >= 0.3 is 0 Å². The fraction of sp³-hybridized carbons (Fsp3) is 0.0625. The Labute approximate surface area is 166 Å². The maximum atomic E-state index is 12.3. The summed E-state index contributed by atoms with van der Waals surface area (Å²) in [5.74, 6) is 0.577. The molecule has 24 heavy (non-hydrogen) atoms. The first-order valence-electron chi connectivity index (χ1n) is 6.88. The zero-order chi connectivity index (χ0) is 16.9. The fourth-order valence-corrected chi connectivity index (χ4v) is 4.33. The number of hydrogen-bond acceptors (Lipinski definition) is 5. The van der Waals surface area contributed by atoms with E-state index in [9.17, 15) is 4.79 Å². The van der Waals surface area contributed by atoms with Crippen LogP contribution >= 0.6 is 57.3 Å². The normalized spacial score (nSPS) is 10.6. The number of thioether (sulfide) groups is 1. The van der Waals surface area contributed by atoms with Crippen LogP contribution in [0.3, 0.4) is 0 Å². The Hall–Kier alpha value is -1.16. The first-order valence-corrected chi connectivity index (χ1v) is 10.1. The lowest BCUT2D eigenvalue weighted by Crippen LogP contribution is -2.13. The van der Waals surface area contributed by atoms with Crippen LogP contribution in [0, 0.1) is 3.57 Å². The van der Waals surface area contributed by atoms with Crippen LogP contribution in [0.25, 0.3) is 0 Å².